The van der Waals surface area contributed by atoms with E-state index in [-0.39, 0.29) is 24.0 Å². The van der Waals surface area contributed by atoms with Gasteiger partial charge in [-0.3, -0.25) is 9.59 Å². The summed E-state index contributed by atoms with van der Waals surface area (Å²) in [5, 5.41) is 3.04. The minimum Gasteiger partial charge on any atom is -0.462 e. The van der Waals surface area contributed by atoms with Crippen LogP contribution >= 0.6 is 27.3 Å². The van der Waals surface area contributed by atoms with Gasteiger partial charge in [0.15, 0.2) is 0 Å². The number of thiophene rings is 1. The lowest BCUT2D eigenvalue weighted by molar-refractivity contribution is 0.0527. The zero-order valence-corrected chi connectivity index (χ0v) is 17.3. The van der Waals surface area contributed by atoms with Crippen molar-refractivity contribution in [2.24, 2.45) is 0 Å². The molecule has 0 unspecified atom stereocenters. The van der Waals surface area contributed by atoms with Gasteiger partial charge in [0, 0.05) is 18.6 Å². The summed E-state index contributed by atoms with van der Waals surface area (Å²) in [5.74, 6) is -1.19. The van der Waals surface area contributed by atoms with E-state index in [4.69, 9.17) is 4.74 Å². The van der Waals surface area contributed by atoms with Crippen molar-refractivity contribution in [3.05, 3.63) is 50.3 Å². The first-order valence-corrected chi connectivity index (χ1v) is 9.46. The molecule has 138 valence electrons. The molecular weight excluding hydrogens is 420 g/mol. The number of halogens is 1. The van der Waals surface area contributed by atoms with Gasteiger partial charge in [-0.2, -0.15) is 0 Å². The highest BCUT2D eigenvalue weighted by molar-refractivity contribution is 9.10. The van der Waals surface area contributed by atoms with Gasteiger partial charge in [0.25, 0.3) is 11.8 Å². The van der Waals surface area contributed by atoms with Crippen LogP contribution in [-0.2, 0) is 4.74 Å². The number of hydrogen-bond acceptors (Lipinski definition) is 5. The summed E-state index contributed by atoms with van der Waals surface area (Å²) in [5.41, 5.74) is 1.13. The fourth-order valence-electron chi connectivity index (χ4n) is 2.27. The number of amides is 2. The number of nitrogens with one attached hydrogen (secondary N) is 1. The highest BCUT2D eigenvalue weighted by Crippen LogP contribution is 2.35. The highest BCUT2D eigenvalue weighted by atomic mass is 79.9. The van der Waals surface area contributed by atoms with Crippen molar-refractivity contribution in [1.29, 1.82) is 0 Å². The molecule has 1 aromatic heterocycles. The number of rotatable bonds is 5. The smallest absolute Gasteiger partial charge is 0.341 e. The van der Waals surface area contributed by atoms with Crippen molar-refractivity contribution in [2.75, 3.05) is 26.0 Å². The molecule has 2 rings (SSSR count). The monoisotopic (exact) mass is 438 g/mol. The van der Waals surface area contributed by atoms with Gasteiger partial charge < -0.3 is 15.0 Å². The summed E-state index contributed by atoms with van der Waals surface area (Å²) in [7, 11) is 3.26. The highest BCUT2D eigenvalue weighted by Gasteiger charge is 2.27. The molecule has 0 saturated carbocycles. The molecule has 0 aliphatic rings. The molecule has 0 radical (unpaired) electrons. The van der Waals surface area contributed by atoms with Gasteiger partial charge in [0.1, 0.15) is 5.00 Å². The molecule has 1 aromatic carbocycles. The lowest BCUT2D eigenvalue weighted by Crippen LogP contribution is -2.21. The first kappa shape index (κ1) is 20.1. The summed E-state index contributed by atoms with van der Waals surface area (Å²) in [6, 6.07) is 6.96. The third kappa shape index (κ3) is 4.13. The van der Waals surface area contributed by atoms with Gasteiger partial charge in [-0.05, 0) is 47.5 Å². The van der Waals surface area contributed by atoms with Crippen molar-refractivity contribution < 1.29 is 19.1 Å². The second kappa shape index (κ2) is 8.46. The molecule has 8 heteroatoms. The summed E-state index contributed by atoms with van der Waals surface area (Å²) < 4.78 is 5.73. The number of esters is 1. The maximum absolute atomic E-state index is 12.6. The van der Waals surface area contributed by atoms with Crippen LogP contribution in [0.5, 0.6) is 0 Å². The van der Waals surface area contributed by atoms with Crippen LogP contribution in [0.25, 0.3) is 0 Å². The van der Waals surface area contributed by atoms with E-state index in [9.17, 15) is 14.4 Å². The lowest BCUT2D eigenvalue weighted by Gasteiger charge is -2.09. The standard InChI is InChI=1S/C18H19BrN2O4S/c1-5-25-18(24)13-10(2)14(17(23)21(3)4)26-16(13)20-15(22)11-8-6-7-9-12(11)19/h6-9H,5H2,1-4H3,(H,20,22). The van der Waals surface area contributed by atoms with Crippen molar-refractivity contribution in [3.63, 3.8) is 0 Å². The number of carbonyl (C=O) groups excluding carboxylic acids is 3. The van der Waals surface area contributed by atoms with Crippen LogP contribution in [0, 0.1) is 6.92 Å². The summed E-state index contributed by atoms with van der Waals surface area (Å²) >= 11 is 4.40. The average molecular weight is 439 g/mol. The van der Waals surface area contributed by atoms with E-state index in [0.717, 1.165) is 11.3 Å². The van der Waals surface area contributed by atoms with E-state index in [1.165, 1.54) is 4.90 Å². The zero-order valence-electron chi connectivity index (χ0n) is 14.9. The topological polar surface area (TPSA) is 75.7 Å². The molecule has 0 aliphatic carbocycles. The molecular formula is C18H19BrN2O4S. The second-order valence-electron chi connectivity index (χ2n) is 5.61. The normalized spacial score (nSPS) is 10.3. The van der Waals surface area contributed by atoms with E-state index in [2.05, 4.69) is 21.2 Å². The van der Waals surface area contributed by atoms with E-state index in [0.29, 0.717) is 25.5 Å². The Balaban J connectivity index is 2.47. The molecule has 1 N–H and O–H groups in total. The summed E-state index contributed by atoms with van der Waals surface area (Å²) in [4.78, 5) is 39.2. The molecule has 0 bridgehead atoms. The average Bonchev–Trinajstić information content (AvgIpc) is 2.90. The molecule has 0 fully saturated rings. The molecule has 2 amide bonds. The quantitative estimate of drug-likeness (QED) is 0.716. The maximum Gasteiger partial charge on any atom is 0.341 e. The Morgan fingerprint density at radius 3 is 2.46 bits per heavy atom. The van der Waals surface area contributed by atoms with Crippen molar-refractivity contribution >= 4 is 50.1 Å². The third-order valence-electron chi connectivity index (χ3n) is 3.57. The van der Waals surface area contributed by atoms with Crippen LogP contribution in [0.3, 0.4) is 0 Å². The Bertz CT molecular complexity index is 861. The third-order valence-corrected chi connectivity index (χ3v) is 5.46. The van der Waals surface area contributed by atoms with Crippen LogP contribution in [0.4, 0.5) is 5.00 Å². The van der Waals surface area contributed by atoms with Crippen LogP contribution in [-0.4, -0.2) is 43.4 Å². The minimum atomic E-state index is -0.568. The number of carbonyl (C=O) groups is 3. The van der Waals surface area contributed by atoms with Gasteiger partial charge >= 0.3 is 5.97 Å². The summed E-state index contributed by atoms with van der Waals surface area (Å²) in [6.07, 6.45) is 0. The molecule has 0 spiro atoms. The molecule has 2 aromatic rings. The molecule has 0 atom stereocenters. The first-order valence-electron chi connectivity index (χ1n) is 7.85. The van der Waals surface area contributed by atoms with Gasteiger partial charge in [-0.15, -0.1) is 11.3 Å². The number of hydrogen-bond donors (Lipinski definition) is 1. The fourth-order valence-corrected chi connectivity index (χ4v) is 3.95. The number of benzene rings is 1. The van der Waals surface area contributed by atoms with Gasteiger partial charge in [-0.25, -0.2) is 4.79 Å². The predicted octanol–water partition coefficient (Wildman–Crippen LogP) is 3.95. The number of anilines is 1. The molecule has 0 saturated heterocycles. The molecule has 26 heavy (non-hydrogen) atoms. The van der Waals surface area contributed by atoms with Gasteiger partial charge in [0.2, 0.25) is 0 Å². The van der Waals surface area contributed by atoms with Gasteiger partial charge in [-0.1, -0.05) is 12.1 Å². The minimum absolute atomic E-state index is 0.197. The number of ether oxygens (including phenoxy) is 1. The molecule has 0 aliphatic heterocycles. The number of nitrogens with zero attached hydrogens (tertiary/aromatic N) is 1. The Kier molecular flexibility index (Phi) is 6.55. The van der Waals surface area contributed by atoms with Crippen LogP contribution < -0.4 is 5.32 Å². The molecule has 1 heterocycles. The van der Waals surface area contributed by atoms with Crippen LogP contribution in [0.1, 0.15) is 42.9 Å². The Labute approximate surface area is 164 Å². The van der Waals surface area contributed by atoms with E-state index < -0.39 is 5.97 Å². The lowest BCUT2D eigenvalue weighted by atomic mass is 10.1. The maximum atomic E-state index is 12.6. The van der Waals surface area contributed by atoms with Crippen molar-refractivity contribution in [2.45, 2.75) is 13.8 Å². The van der Waals surface area contributed by atoms with E-state index in [1.807, 2.05) is 0 Å². The Morgan fingerprint density at radius 1 is 1.23 bits per heavy atom. The van der Waals surface area contributed by atoms with Crippen molar-refractivity contribution in [1.82, 2.24) is 4.90 Å². The van der Waals surface area contributed by atoms with E-state index >= 15 is 0 Å². The Morgan fingerprint density at radius 2 is 1.88 bits per heavy atom. The van der Waals surface area contributed by atoms with Crippen LogP contribution in [0.15, 0.2) is 28.7 Å². The van der Waals surface area contributed by atoms with Gasteiger partial charge in [0.05, 0.1) is 22.6 Å². The molecule has 6 nitrogen and oxygen atoms in total. The first-order chi connectivity index (χ1) is 12.3. The largest absolute Gasteiger partial charge is 0.462 e. The van der Waals surface area contributed by atoms with Crippen molar-refractivity contribution in [3.8, 4) is 0 Å². The SMILES string of the molecule is CCOC(=O)c1c(NC(=O)c2ccccc2Br)sc(C(=O)N(C)C)c1C. The second-order valence-corrected chi connectivity index (χ2v) is 7.49. The fraction of sp³-hybridized carbons (Fsp3) is 0.278. The predicted molar refractivity (Wildman–Crippen MR) is 105 cm³/mol. The summed E-state index contributed by atoms with van der Waals surface area (Å²) in [6.45, 7) is 3.57. The Hall–Kier alpha value is -2.19. The van der Waals surface area contributed by atoms with Crippen LogP contribution in [0.2, 0.25) is 0 Å². The zero-order chi connectivity index (χ0) is 19.4. The van der Waals surface area contributed by atoms with E-state index in [1.54, 1.807) is 52.2 Å².